The largest absolute Gasteiger partial charge is 0.335 e. The van der Waals surface area contributed by atoms with Crippen molar-refractivity contribution in [3.63, 3.8) is 0 Å². The van der Waals surface area contributed by atoms with Crippen LogP contribution >= 0.6 is 0 Å². The fourth-order valence-corrected chi connectivity index (χ4v) is 2.74. The van der Waals surface area contributed by atoms with Gasteiger partial charge >= 0.3 is 0 Å². The maximum Gasteiger partial charge on any atom is 0.274 e. The van der Waals surface area contributed by atoms with Gasteiger partial charge in [0.15, 0.2) is 0 Å². The minimum Gasteiger partial charge on any atom is -0.335 e. The topological polar surface area (TPSA) is 53.7 Å². The molecule has 2 aromatic rings. The fraction of sp³-hybridized carbons (Fsp3) is 0.533. The number of imidazole rings is 1. The van der Waals surface area contributed by atoms with Gasteiger partial charge in [0.2, 0.25) is 5.78 Å². The van der Waals surface area contributed by atoms with Crippen LogP contribution in [0.3, 0.4) is 0 Å². The molecule has 1 amide bonds. The Hall–Kier alpha value is -1.95. The summed E-state index contributed by atoms with van der Waals surface area (Å²) in [7, 11) is 0. The van der Waals surface area contributed by atoms with Crippen molar-refractivity contribution < 1.29 is 4.79 Å². The molecule has 0 saturated carbocycles. The van der Waals surface area contributed by atoms with Gasteiger partial charge in [-0.3, -0.25) is 14.1 Å². The van der Waals surface area contributed by atoms with E-state index in [9.17, 15) is 4.79 Å². The highest BCUT2D eigenvalue weighted by atomic mass is 16.2. The number of piperazine rings is 1. The van der Waals surface area contributed by atoms with Gasteiger partial charge in [0.1, 0.15) is 5.69 Å². The highest BCUT2D eigenvalue weighted by molar-refractivity contribution is 5.92. The molecule has 1 saturated heterocycles. The van der Waals surface area contributed by atoms with Crippen LogP contribution in [-0.2, 0) is 0 Å². The number of carbonyl (C=O) groups is 1. The van der Waals surface area contributed by atoms with E-state index in [1.807, 2.05) is 17.2 Å². The van der Waals surface area contributed by atoms with Gasteiger partial charge < -0.3 is 4.90 Å². The maximum atomic E-state index is 12.5. The Morgan fingerprint density at radius 3 is 2.71 bits per heavy atom. The predicted octanol–water partition coefficient (Wildman–Crippen LogP) is 1.14. The van der Waals surface area contributed by atoms with Crippen LogP contribution < -0.4 is 0 Å². The first-order chi connectivity index (χ1) is 10.1. The van der Waals surface area contributed by atoms with Crippen LogP contribution in [0, 0.1) is 5.92 Å². The van der Waals surface area contributed by atoms with Crippen molar-refractivity contribution in [2.24, 2.45) is 5.92 Å². The number of nitrogens with zero attached hydrogens (tertiary/aromatic N) is 5. The molecule has 1 aliphatic rings. The van der Waals surface area contributed by atoms with Gasteiger partial charge in [0, 0.05) is 51.3 Å². The standard InChI is InChI=1S/C15H21N5O/c1-12(2)10-18-6-8-19(9-7-18)14(21)13-11-20-5-3-4-16-15(20)17-13/h3-5,11-12H,6-10H2,1-2H3. The lowest BCUT2D eigenvalue weighted by atomic mass is 10.2. The second-order valence-corrected chi connectivity index (χ2v) is 5.94. The summed E-state index contributed by atoms with van der Waals surface area (Å²) in [6.07, 6.45) is 5.29. The number of aromatic nitrogens is 3. The third kappa shape index (κ3) is 3.05. The molecular weight excluding hydrogens is 266 g/mol. The molecule has 6 heteroatoms. The molecule has 0 spiro atoms. The lowest BCUT2D eigenvalue weighted by molar-refractivity contribution is 0.0619. The Morgan fingerprint density at radius 1 is 1.29 bits per heavy atom. The second-order valence-electron chi connectivity index (χ2n) is 5.94. The molecule has 1 aliphatic heterocycles. The monoisotopic (exact) mass is 287 g/mol. The summed E-state index contributed by atoms with van der Waals surface area (Å²) < 4.78 is 1.78. The van der Waals surface area contributed by atoms with Crippen LogP contribution in [0.1, 0.15) is 24.3 Å². The highest BCUT2D eigenvalue weighted by Gasteiger charge is 2.24. The third-order valence-electron chi connectivity index (χ3n) is 3.74. The maximum absolute atomic E-state index is 12.5. The molecule has 3 heterocycles. The van der Waals surface area contributed by atoms with Crippen LogP contribution in [-0.4, -0.2) is 62.8 Å². The van der Waals surface area contributed by atoms with Crippen LogP contribution in [0.4, 0.5) is 0 Å². The summed E-state index contributed by atoms with van der Waals surface area (Å²) in [4.78, 5) is 25.3. The van der Waals surface area contributed by atoms with Gasteiger partial charge in [0.25, 0.3) is 5.91 Å². The lowest BCUT2D eigenvalue weighted by Gasteiger charge is -2.35. The van der Waals surface area contributed by atoms with Crippen LogP contribution in [0.15, 0.2) is 24.7 Å². The van der Waals surface area contributed by atoms with E-state index in [1.165, 1.54) is 0 Å². The highest BCUT2D eigenvalue weighted by Crippen LogP contribution is 2.10. The number of hydrogen-bond acceptors (Lipinski definition) is 4. The van der Waals surface area contributed by atoms with Gasteiger partial charge in [-0.15, -0.1) is 0 Å². The smallest absolute Gasteiger partial charge is 0.274 e. The van der Waals surface area contributed by atoms with E-state index >= 15 is 0 Å². The quantitative estimate of drug-likeness (QED) is 0.849. The number of fused-ring (bicyclic) bond motifs is 1. The van der Waals surface area contributed by atoms with Crippen molar-refractivity contribution in [3.8, 4) is 0 Å². The summed E-state index contributed by atoms with van der Waals surface area (Å²) in [6.45, 7) is 8.97. The number of carbonyl (C=O) groups excluding carboxylic acids is 1. The molecule has 0 unspecified atom stereocenters. The van der Waals surface area contributed by atoms with Crippen molar-refractivity contribution in [1.82, 2.24) is 24.2 Å². The lowest BCUT2D eigenvalue weighted by Crippen LogP contribution is -2.49. The Morgan fingerprint density at radius 2 is 2.05 bits per heavy atom. The van der Waals surface area contributed by atoms with E-state index in [1.54, 1.807) is 16.8 Å². The first-order valence-electron chi connectivity index (χ1n) is 7.45. The van der Waals surface area contributed by atoms with Crippen LogP contribution in [0.2, 0.25) is 0 Å². The molecule has 112 valence electrons. The fourth-order valence-electron chi connectivity index (χ4n) is 2.74. The van der Waals surface area contributed by atoms with Gasteiger partial charge in [-0.25, -0.2) is 9.97 Å². The van der Waals surface area contributed by atoms with E-state index in [2.05, 4.69) is 28.7 Å². The predicted molar refractivity (Wildman–Crippen MR) is 80.2 cm³/mol. The first kappa shape index (κ1) is 14.0. The Kier molecular flexibility index (Phi) is 3.88. The van der Waals surface area contributed by atoms with Crippen molar-refractivity contribution in [1.29, 1.82) is 0 Å². The van der Waals surface area contributed by atoms with Crippen molar-refractivity contribution in [2.45, 2.75) is 13.8 Å². The molecule has 0 radical (unpaired) electrons. The Labute approximate surface area is 124 Å². The minimum atomic E-state index is 0.00435. The summed E-state index contributed by atoms with van der Waals surface area (Å²) in [6, 6.07) is 1.83. The Bertz CT molecular complexity index is 595. The zero-order valence-electron chi connectivity index (χ0n) is 12.6. The van der Waals surface area contributed by atoms with Gasteiger partial charge in [-0.05, 0) is 12.0 Å². The number of rotatable bonds is 3. The zero-order chi connectivity index (χ0) is 14.8. The molecule has 0 bridgehead atoms. The van der Waals surface area contributed by atoms with Crippen molar-refractivity contribution in [3.05, 3.63) is 30.4 Å². The van der Waals surface area contributed by atoms with E-state index < -0.39 is 0 Å². The summed E-state index contributed by atoms with van der Waals surface area (Å²) in [5, 5.41) is 0. The number of amides is 1. The summed E-state index contributed by atoms with van der Waals surface area (Å²) in [5.74, 6) is 1.24. The minimum absolute atomic E-state index is 0.00435. The SMILES string of the molecule is CC(C)CN1CCN(C(=O)c2cn3cccnc3n2)CC1. The molecule has 6 nitrogen and oxygen atoms in total. The second kappa shape index (κ2) is 5.81. The van der Waals surface area contributed by atoms with E-state index in [4.69, 9.17) is 0 Å². The van der Waals surface area contributed by atoms with Gasteiger partial charge in [0.05, 0.1) is 0 Å². The summed E-state index contributed by atoms with van der Waals surface area (Å²) >= 11 is 0. The first-order valence-corrected chi connectivity index (χ1v) is 7.45. The average Bonchev–Trinajstić information content (AvgIpc) is 2.90. The molecule has 0 aromatic carbocycles. The number of hydrogen-bond donors (Lipinski definition) is 0. The Balaban J connectivity index is 1.66. The van der Waals surface area contributed by atoms with Gasteiger partial charge in [-0.2, -0.15) is 0 Å². The molecule has 21 heavy (non-hydrogen) atoms. The van der Waals surface area contributed by atoms with Crippen LogP contribution in [0.25, 0.3) is 5.78 Å². The normalized spacial score (nSPS) is 16.8. The van der Waals surface area contributed by atoms with Crippen molar-refractivity contribution in [2.75, 3.05) is 32.7 Å². The van der Waals surface area contributed by atoms with E-state index in [0.717, 1.165) is 32.7 Å². The molecule has 0 N–H and O–H groups in total. The third-order valence-corrected chi connectivity index (χ3v) is 3.74. The van der Waals surface area contributed by atoms with Crippen molar-refractivity contribution >= 4 is 11.7 Å². The molecule has 0 atom stereocenters. The molecular formula is C15H21N5O. The van der Waals surface area contributed by atoms with E-state index in [0.29, 0.717) is 17.4 Å². The van der Waals surface area contributed by atoms with Gasteiger partial charge in [-0.1, -0.05) is 13.8 Å². The van der Waals surface area contributed by atoms with E-state index in [-0.39, 0.29) is 5.91 Å². The summed E-state index contributed by atoms with van der Waals surface area (Å²) in [5.41, 5.74) is 0.478. The van der Waals surface area contributed by atoms with Crippen LogP contribution in [0.5, 0.6) is 0 Å². The zero-order valence-corrected chi connectivity index (χ0v) is 12.6. The molecule has 1 fully saturated rings. The molecule has 0 aliphatic carbocycles. The average molecular weight is 287 g/mol. The molecule has 3 rings (SSSR count). The molecule has 2 aromatic heterocycles.